The Balaban J connectivity index is 2.09. The lowest BCUT2D eigenvalue weighted by Crippen LogP contribution is -2.31. The molecule has 1 saturated heterocycles. The van der Waals surface area contributed by atoms with E-state index in [0.717, 1.165) is 17.9 Å². The highest BCUT2D eigenvalue weighted by atomic mass is 15.2. The lowest BCUT2D eigenvalue weighted by atomic mass is 10.1. The van der Waals surface area contributed by atoms with Gasteiger partial charge >= 0.3 is 0 Å². The average molecular weight is 212 g/mol. The lowest BCUT2D eigenvalue weighted by molar-refractivity contribution is 0.263. The first-order chi connectivity index (χ1) is 7.13. The van der Waals surface area contributed by atoms with E-state index < -0.39 is 0 Å². The Bertz CT molecular complexity index is 168. The van der Waals surface area contributed by atoms with Crippen molar-refractivity contribution in [2.75, 3.05) is 26.2 Å². The smallest absolute Gasteiger partial charge is 0.00387 e. The molecule has 0 spiro atoms. The van der Waals surface area contributed by atoms with Crippen molar-refractivity contribution in [2.45, 2.75) is 46.6 Å². The second-order valence-corrected chi connectivity index (χ2v) is 5.42. The van der Waals surface area contributed by atoms with Crippen molar-refractivity contribution < 1.29 is 0 Å². The summed E-state index contributed by atoms with van der Waals surface area (Å²) in [7, 11) is 0. The maximum absolute atomic E-state index is 3.61. The molecule has 1 aliphatic rings. The summed E-state index contributed by atoms with van der Waals surface area (Å²) in [6.45, 7) is 14.2. The quantitative estimate of drug-likeness (QED) is 0.727. The third-order valence-corrected chi connectivity index (χ3v) is 3.67. The summed E-state index contributed by atoms with van der Waals surface area (Å²) in [4.78, 5) is 2.59. The van der Waals surface area contributed by atoms with Crippen LogP contribution in [0, 0.1) is 11.8 Å². The van der Waals surface area contributed by atoms with Crippen molar-refractivity contribution in [1.29, 1.82) is 0 Å². The Kier molecular flexibility index (Phi) is 5.62. The van der Waals surface area contributed by atoms with Crippen LogP contribution in [-0.2, 0) is 0 Å². The molecule has 90 valence electrons. The molecule has 1 rings (SSSR count). The molecule has 2 atom stereocenters. The van der Waals surface area contributed by atoms with Crippen molar-refractivity contribution in [1.82, 2.24) is 10.2 Å². The maximum Gasteiger partial charge on any atom is 0.00387 e. The number of hydrogen-bond donors (Lipinski definition) is 1. The van der Waals surface area contributed by atoms with Gasteiger partial charge in [0.1, 0.15) is 0 Å². The van der Waals surface area contributed by atoms with Crippen LogP contribution in [0.4, 0.5) is 0 Å². The molecule has 0 aromatic heterocycles. The summed E-state index contributed by atoms with van der Waals surface area (Å²) in [5.74, 6) is 1.71. The maximum atomic E-state index is 3.61. The molecule has 2 nitrogen and oxygen atoms in total. The van der Waals surface area contributed by atoms with Crippen molar-refractivity contribution >= 4 is 0 Å². The van der Waals surface area contributed by atoms with E-state index in [-0.39, 0.29) is 0 Å². The summed E-state index contributed by atoms with van der Waals surface area (Å²) in [6, 6.07) is 0.726. The number of nitrogens with one attached hydrogen (secondary N) is 1. The van der Waals surface area contributed by atoms with E-state index >= 15 is 0 Å². The fourth-order valence-electron chi connectivity index (χ4n) is 2.18. The minimum Gasteiger partial charge on any atom is -0.316 e. The van der Waals surface area contributed by atoms with Gasteiger partial charge in [0.2, 0.25) is 0 Å². The third-order valence-electron chi connectivity index (χ3n) is 3.67. The Morgan fingerprint density at radius 3 is 2.60 bits per heavy atom. The molecule has 0 saturated carbocycles. The molecule has 15 heavy (non-hydrogen) atoms. The van der Waals surface area contributed by atoms with E-state index in [1.807, 2.05) is 0 Å². The first-order valence-corrected chi connectivity index (χ1v) is 6.58. The summed E-state index contributed by atoms with van der Waals surface area (Å²) >= 11 is 0. The van der Waals surface area contributed by atoms with Gasteiger partial charge in [-0.25, -0.2) is 0 Å². The highest BCUT2D eigenvalue weighted by Crippen LogP contribution is 2.17. The zero-order valence-electron chi connectivity index (χ0n) is 10.9. The lowest BCUT2D eigenvalue weighted by Gasteiger charge is -2.20. The van der Waals surface area contributed by atoms with Gasteiger partial charge < -0.3 is 10.2 Å². The van der Waals surface area contributed by atoms with Crippen LogP contribution in [0.25, 0.3) is 0 Å². The Hall–Kier alpha value is -0.0800. The first-order valence-electron chi connectivity index (χ1n) is 6.58. The van der Waals surface area contributed by atoms with E-state index in [2.05, 4.69) is 37.9 Å². The molecule has 2 unspecified atom stereocenters. The van der Waals surface area contributed by atoms with Crippen molar-refractivity contribution in [3.05, 3.63) is 0 Å². The van der Waals surface area contributed by atoms with Crippen molar-refractivity contribution in [3.63, 3.8) is 0 Å². The predicted molar refractivity (Wildman–Crippen MR) is 67.1 cm³/mol. The number of hydrogen-bond acceptors (Lipinski definition) is 2. The molecule has 0 aliphatic carbocycles. The zero-order chi connectivity index (χ0) is 11.3. The van der Waals surface area contributed by atoms with E-state index in [4.69, 9.17) is 0 Å². The van der Waals surface area contributed by atoms with Crippen LogP contribution in [-0.4, -0.2) is 37.1 Å². The highest BCUT2D eigenvalue weighted by molar-refractivity contribution is 4.79. The van der Waals surface area contributed by atoms with Gasteiger partial charge in [0.05, 0.1) is 0 Å². The Morgan fingerprint density at radius 1 is 1.33 bits per heavy atom. The Labute approximate surface area is 95.4 Å². The van der Waals surface area contributed by atoms with Crippen LogP contribution in [0.15, 0.2) is 0 Å². The van der Waals surface area contributed by atoms with Gasteiger partial charge in [-0.15, -0.1) is 0 Å². The normalized spacial score (nSPS) is 25.0. The van der Waals surface area contributed by atoms with Crippen LogP contribution < -0.4 is 5.32 Å². The molecule has 0 radical (unpaired) electrons. The summed E-state index contributed by atoms with van der Waals surface area (Å²) < 4.78 is 0. The molecular weight excluding hydrogens is 184 g/mol. The molecule has 1 heterocycles. The first kappa shape index (κ1) is 13.0. The van der Waals surface area contributed by atoms with Crippen LogP contribution in [0.5, 0.6) is 0 Å². The molecule has 0 aromatic carbocycles. The van der Waals surface area contributed by atoms with E-state index in [9.17, 15) is 0 Å². The molecule has 0 bridgehead atoms. The second-order valence-electron chi connectivity index (χ2n) is 5.42. The number of likely N-dealkylation sites (tertiary alicyclic amines) is 1. The van der Waals surface area contributed by atoms with Gasteiger partial charge in [0, 0.05) is 12.6 Å². The molecule has 1 aliphatic heterocycles. The second kappa shape index (κ2) is 6.49. The van der Waals surface area contributed by atoms with Gasteiger partial charge in [0.15, 0.2) is 0 Å². The van der Waals surface area contributed by atoms with Crippen molar-refractivity contribution in [2.24, 2.45) is 11.8 Å². The van der Waals surface area contributed by atoms with E-state index in [1.165, 1.54) is 39.0 Å². The van der Waals surface area contributed by atoms with E-state index in [1.54, 1.807) is 0 Å². The average Bonchev–Trinajstić information content (AvgIpc) is 2.66. The number of rotatable bonds is 6. The number of nitrogens with zero attached hydrogens (tertiary/aromatic N) is 1. The topological polar surface area (TPSA) is 15.3 Å². The molecule has 1 N–H and O–H groups in total. The van der Waals surface area contributed by atoms with E-state index in [0.29, 0.717) is 0 Å². The van der Waals surface area contributed by atoms with Gasteiger partial charge in [-0.2, -0.15) is 0 Å². The van der Waals surface area contributed by atoms with Gasteiger partial charge in [-0.05, 0) is 51.7 Å². The van der Waals surface area contributed by atoms with Crippen molar-refractivity contribution in [3.8, 4) is 0 Å². The zero-order valence-corrected chi connectivity index (χ0v) is 10.9. The standard InChI is InChI=1S/C13H28N2/c1-5-12(4)8-14-9-13-6-7-15(10-13)11(2)3/h11-14H,5-10H2,1-4H3. The summed E-state index contributed by atoms with van der Waals surface area (Å²) in [5, 5.41) is 3.61. The Morgan fingerprint density at radius 2 is 2.07 bits per heavy atom. The minimum absolute atomic E-state index is 0.726. The SMILES string of the molecule is CCC(C)CNCC1CCN(C(C)C)C1. The van der Waals surface area contributed by atoms with Gasteiger partial charge in [0.25, 0.3) is 0 Å². The fraction of sp³-hybridized carbons (Fsp3) is 1.00. The molecule has 2 heteroatoms. The monoisotopic (exact) mass is 212 g/mol. The van der Waals surface area contributed by atoms with Crippen LogP contribution >= 0.6 is 0 Å². The largest absolute Gasteiger partial charge is 0.316 e. The van der Waals surface area contributed by atoms with Gasteiger partial charge in [-0.1, -0.05) is 20.3 Å². The molecular formula is C13H28N2. The van der Waals surface area contributed by atoms with Crippen LogP contribution in [0.2, 0.25) is 0 Å². The highest BCUT2D eigenvalue weighted by Gasteiger charge is 2.23. The van der Waals surface area contributed by atoms with Gasteiger partial charge in [-0.3, -0.25) is 0 Å². The van der Waals surface area contributed by atoms with Crippen LogP contribution in [0.3, 0.4) is 0 Å². The minimum atomic E-state index is 0.726. The summed E-state index contributed by atoms with van der Waals surface area (Å²) in [6.07, 6.45) is 2.67. The summed E-state index contributed by atoms with van der Waals surface area (Å²) in [5.41, 5.74) is 0. The molecule has 0 aromatic rings. The fourth-order valence-corrected chi connectivity index (χ4v) is 2.18. The molecule has 0 amide bonds. The molecule has 1 fully saturated rings. The predicted octanol–water partition coefficient (Wildman–Crippen LogP) is 2.35. The van der Waals surface area contributed by atoms with Crippen LogP contribution in [0.1, 0.15) is 40.5 Å². The third kappa shape index (κ3) is 4.52.